The highest BCUT2D eigenvalue weighted by Crippen LogP contribution is 2.58. The van der Waals surface area contributed by atoms with Crippen molar-refractivity contribution in [2.24, 2.45) is 0 Å². The molecule has 0 amide bonds. The van der Waals surface area contributed by atoms with Gasteiger partial charge in [0.25, 0.3) is 0 Å². The lowest BCUT2D eigenvalue weighted by Gasteiger charge is -2.30. The first kappa shape index (κ1) is 28.7. The highest BCUT2D eigenvalue weighted by Gasteiger charge is 2.64. The van der Waals surface area contributed by atoms with Crippen molar-refractivity contribution < 1.29 is 46.6 Å². The zero-order valence-corrected chi connectivity index (χ0v) is 24.6. The van der Waals surface area contributed by atoms with Gasteiger partial charge in [0.1, 0.15) is 12.7 Å². The van der Waals surface area contributed by atoms with Gasteiger partial charge in [0, 0.05) is 18.1 Å². The van der Waals surface area contributed by atoms with E-state index in [1.165, 1.54) is 6.33 Å². The number of phosphoric acid groups is 1. The van der Waals surface area contributed by atoms with Gasteiger partial charge in [0.05, 0.1) is 31.7 Å². The van der Waals surface area contributed by atoms with E-state index in [1.807, 2.05) is 6.07 Å². The van der Waals surface area contributed by atoms with Crippen LogP contribution in [0.1, 0.15) is 44.1 Å². The van der Waals surface area contributed by atoms with Crippen molar-refractivity contribution in [3.05, 3.63) is 41.2 Å². The van der Waals surface area contributed by atoms with E-state index in [0.29, 0.717) is 29.2 Å². The Balaban J connectivity index is 1.11. The Morgan fingerprint density at radius 2 is 2.12 bits per heavy atom. The molecule has 3 aromatic rings. The van der Waals surface area contributed by atoms with Gasteiger partial charge in [-0.05, 0) is 37.5 Å². The number of rotatable bonds is 8. The zero-order valence-electron chi connectivity index (χ0n) is 23.0. The van der Waals surface area contributed by atoms with Crippen LogP contribution in [0.15, 0.2) is 30.6 Å². The summed E-state index contributed by atoms with van der Waals surface area (Å²) < 4.78 is 60.8. The third-order valence-electron chi connectivity index (χ3n) is 7.82. The number of aromatic nitrogens is 4. The smallest absolute Gasteiger partial charge is 0.473 e. The monoisotopic (exact) mass is 637 g/mol. The fourth-order valence-electron chi connectivity index (χ4n) is 5.76. The van der Waals surface area contributed by atoms with Crippen LogP contribution in [0.25, 0.3) is 11.2 Å². The normalized spacial score (nSPS) is 33.8. The van der Waals surface area contributed by atoms with Crippen molar-refractivity contribution in [2.75, 3.05) is 32.2 Å². The molecule has 4 aliphatic rings. The van der Waals surface area contributed by atoms with E-state index in [2.05, 4.69) is 15.0 Å². The zero-order chi connectivity index (χ0) is 29.8. The maximum absolute atomic E-state index is 13.4. The average Bonchev–Trinajstić information content (AvgIpc) is 3.75. The molecular weight excluding hydrogens is 609 g/mol. The van der Waals surface area contributed by atoms with Crippen LogP contribution >= 0.6 is 19.4 Å². The first-order valence-corrected chi connectivity index (χ1v) is 15.7. The van der Waals surface area contributed by atoms with E-state index in [4.69, 9.17) is 54.6 Å². The van der Waals surface area contributed by atoms with Crippen LogP contribution in [0.3, 0.4) is 0 Å². The van der Waals surface area contributed by atoms with Crippen molar-refractivity contribution in [2.45, 2.75) is 62.4 Å². The molecule has 4 fully saturated rings. The molecule has 0 unspecified atom stereocenters. The number of ether oxygens (including phenoxy) is 5. The second-order valence-electron chi connectivity index (χ2n) is 10.8. The minimum Gasteiger partial charge on any atom is -0.473 e. The fourth-order valence-corrected chi connectivity index (χ4v) is 7.35. The molecule has 15 nitrogen and oxygen atoms in total. The molecule has 2 N–H and O–H groups in total. The Hall–Kier alpha value is -3.04. The quantitative estimate of drug-likeness (QED) is 0.275. The first-order chi connectivity index (χ1) is 20.7. The highest BCUT2D eigenvalue weighted by molar-refractivity contribution is 7.48. The summed E-state index contributed by atoms with van der Waals surface area (Å²) in [6.45, 7) is 2.47. The number of halogens is 1. The number of nitrogen functional groups attached to an aromatic ring is 1. The summed E-state index contributed by atoms with van der Waals surface area (Å²) in [5.74, 6) is 0.143. The lowest BCUT2D eigenvalue weighted by atomic mass is 9.96. The number of anilines is 1. The van der Waals surface area contributed by atoms with E-state index >= 15 is 0 Å². The summed E-state index contributed by atoms with van der Waals surface area (Å²) in [6.07, 6.45) is -0.545. The SMILES string of the molecule is C[C@@]12OC(=O)O[C@@H]1[C@@H](CO[P@@]1(=O)OCC[C@@H](c3cccc(Cl)c3)O1)O[C@H]2n1cnc2c(OC[C@H]3CCCO3)nc(N)nc21. The minimum atomic E-state index is -4.01. The van der Waals surface area contributed by atoms with Crippen molar-refractivity contribution in [3.63, 3.8) is 0 Å². The van der Waals surface area contributed by atoms with Crippen LogP contribution in [0.4, 0.5) is 10.7 Å². The number of phosphoric ester groups is 1. The number of hydrogen-bond donors (Lipinski definition) is 1. The Kier molecular flexibility index (Phi) is 7.45. The maximum Gasteiger partial charge on any atom is 0.509 e. The van der Waals surface area contributed by atoms with Crippen LogP contribution < -0.4 is 10.5 Å². The van der Waals surface area contributed by atoms with Gasteiger partial charge in [-0.2, -0.15) is 9.97 Å². The van der Waals surface area contributed by atoms with Gasteiger partial charge < -0.3 is 29.4 Å². The van der Waals surface area contributed by atoms with E-state index in [1.54, 1.807) is 29.7 Å². The van der Waals surface area contributed by atoms with E-state index < -0.39 is 44.1 Å². The summed E-state index contributed by atoms with van der Waals surface area (Å²) in [4.78, 5) is 25.4. The summed E-state index contributed by atoms with van der Waals surface area (Å²) in [5, 5.41) is 0.525. The van der Waals surface area contributed by atoms with Crippen LogP contribution in [0.5, 0.6) is 5.88 Å². The van der Waals surface area contributed by atoms with Gasteiger partial charge in [-0.25, -0.2) is 14.3 Å². The number of carbonyl (C=O) groups is 1. The predicted octanol–water partition coefficient (Wildman–Crippen LogP) is 4.11. The number of imidazole rings is 1. The molecule has 6 heterocycles. The van der Waals surface area contributed by atoms with Gasteiger partial charge in [0.15, 0.2) is 29.1 Å². The second kappa shape index (κ2) is 11.1. The molecule has 0 saturated carbocycles. The molecule has 4 saturated heterocycles. The van der Waals surface area contributed by atoms with Crippen molar-refractivity contribution in [3.8, 4) is 5.88 Å². The maximum atomic E-state index is 13.4. The van der Waals surface area contributed by atoms with E-state index in [0.717, 1.165) is 18.4 Å². The van der Waals surface area contributed by atoms with Gasteiger partial charge in [0.2, 0.25) is 11.8 Å². The molecule has 7 atom stereocenters. The molecule has 4 aliphatic heterocycles. The molecule has 2 aromatic heterocycles. The van der Waals surface area contributed by atoms with Gasteiger partial charge in [-0.1, -0.05) is 23.7 Å². The van der Waals surface area contributed by atoms with Crippen LogP contribution in [-0.4, -0.2) is 76.0 Å². The first-order valence-electron chi connectivity index (χ1n) is 13.8. The number of nitrogens with zero attached hydrogens (tertiary/aromatic N) is 4. The lowest BCUT2D eigenvalue weighted by Crippen LogP contribution is -2.42. The average molecular weight is 638 g/mol. The van der Waals surface area contributed by atoms with Gasteiger partial charge >= 0.3 is 14.0 Å². The predicted molar refractivity (Wildman–Crippen MR) is 147 cm³/mol. The van der Waals surface area contributed by atoms with E-state index in [-0.39, 0.29) is 37.8 Å². The van der Waals surface area contributed by atoms with Crippen molar-refractivity contribution in [1.29, 1.82) is 0 Å². The summed E-state index contributed by atoms with van der Waals surface area (Å²) in [5.41, 5.74) is 6.06. The molecule has 43 heavy (non-hydrogen) atoms. The Bertz CT molecular complexity index is 1590. The topological polar surface area (TPSA) is 178 Å². The number of nitrogens with two attached hydrogens (primary N) is 1. The molecule has 17 heteroatoms. The standard InChI is InChI=1S/C26H29ClN5O10P/c1-26-20(40-25(33)41-26)18(12-38-43(34)37-9-7-17(42-43)14-4-2-5-15(27)10-14)39-23(26)32-13-29-19-21(32)30-24(28)31-22(19)36-11-16-6-3-8-35-16/h2,4-5,10,13,16-18,20,23H,3,6-9,11-12H2,1H3,(H2,28,30,31)/t16-,17+,18-,20-,23-,26-,43-/m1/s1. The molecule has 230 valence electrons. The van der Waals surface area contributed by atoms with E-state index in [9.17, 15) is 9.36 Å². The molecule has 0 radical (unpaired) electrons. The molecule has 1 aromatic carbocycles. The highest BCUT2D eigenvalue weighted by atomic mass is 35.5. The fraction of sp³-hybridized carbons (Fsp3) is 0.538. The molecule has 0 spiro atoms. The summed E-state index contributed by atoms with van der Waals surface area (Å²) in [7, 11) is -4.01. The number of carbonyl (C=O) groups excluding carboxylic acids is 1. The van der Waals surface area contributed by atoms with Crippen molar-refractivity contribution in [1.82, 2.24) is 19.5 Å². The van der Waals surface area contributed by atoms with Crippen LogP contribution in [0, 0.1) is 0 Å². The third-order valence-corrected chi connectivity index (χ3v) is 9.53. The lowest BCUT2D eigenvalue weighted by molar-refractivity contribution is -0.0925. The van der Waals surface area contributed by atoms with Crippen LogP contribution in [-0.2, 0) is 37.1 Å². The minimum absolute atomic E-state index is 0.0465. The third kappa shape index (κ3) is 5.43. The summed E-state index contributed by atoms with van der Waals surface area (Å²) >= 11 is 6.12. The Morgan fingerprint density at radius 3 is 2.93 bits per heavy atom. The van der Waals surface area contributed by atoms with Gasteiger partial charge in [-0.15, -0.1) is 0 Å². The molecule has 7 rings (SSSR count). The largest absolute Gasteiger partial charge is 0.509 e. The molecular formula is C26H29ClN5O10P. The second-order valence-corrected chi connectivity index (χ2v) is 12.8. The van der Waals surface area contributed by atoms with Crippen molar-refractivity contribution >= 4 is 42.7 Å². The van der Waals surface area contributed by atoms with Crippen LogP contribution in [0.2, 0.25) is 5.02 Å². The molecule has 0 bridgehead atoms. The van der Waals surface area contributed by atoms with Gasteiger partial charge in [-0.3, -0.25) is 18.1 Å². The summed E-state index contributed by atoms with van der Waals surface area (Å²) in [6, 6.07) is 7.07. The number of hydrogen-bond acceptors (Lipinski definition) is 14. The Morgan fingerprint density at radius 1 is 1.23 bits per heavy atom. The Labute approximate surface area is 250 Å². The molecule has 0 aliphatic carbocycles. The number of fused-ring (bicyclic) bond motifs is 2. The number of benzene rings is 1.